The summed E-state index contributed by atoms with van der Waals surface area (Å²) in [6.45, 7) is 2.24. The first-order valence-corrected chi connectivity index (χ1v) is 11.1. The summed E-state index contributed by atoms with van der Waals surface area (Å²) in [5.41, 5.74) is 3.08. The molecule has 0 bridgehead atoms. The summed E-state index contributed by atoms with van der Waals surface area (Å²) in [6, 6.07) is 19.2. The molecule has 0 N–H and O–H groups in total. The highest BCUT2D eigenvalue weighted by molar-refractivity contribution is 8.18. The van der Waals surface area contributed by atoms with E-state index in [1.165, 1.54) is 18.1 Å². The Morgan fingerprint density at radius 2 is 1.70 bits per heavy atom. The molecule has 168 valence electrons. The fraction of sp³-hybridized carbons (Fsp3) is 0.154. The Balaban J connectivity index is 1.50. The number of imide groups is 1. The topological polar surface area (TPSA) is 55.8 Å². The minimum absolute atomic E-state index is 0.0557. The number of ether oxygens (including phenoxy) is 2. The Kier molecular flexibility index (Phi) is 6.79. The van der Waals surface area contributed by atoms with Gasteiger partial charge in [0, 0.05) is 5.56 Å². The number of halogens is 1. The predicted octanol–water partition coefficient (Wildman–Crippen LogP) is 5.96. The molecule has 3 aromatic carbocycles. The molecule has 1 fully saturated rings. The van der Waals surface area contributed by atoms with Crippen molar-refractivity contribution in [3.05, 3.63) is 99.7 Å². The smallest absolute Gasteiger partial charge is 0.293 e. The fourth-order valence-corrected chi connectivity index (χ4v) is 4.25. The van der Waals surface area contributed by atoms with E-state index in [1.807, 2.05) is 31.2 Å². The van der Waals surface area contributed by atoms with Gasteiger partial charge in [-0.25, -0.2) is 4.39 Å². The van der Waals surface area contributed by atoms with E-state index in [4.69, 9.17) is 9.47 Å². The third-order valence-electron chi connectivity index (χ3n) is 5.29. The number of nitrogens with zero attached hydrogens (tertiary/aromatic N) is 1. The molecule has 3 aromatic rings. The van der Waals surface area contributed by atoms with Gasteiger partial charge in [0.2, 0.25) is 0 Å². The number of carbonyl (C=O) groups is 2. The van der Waals surface area contributed by atoms with E-state index >= 15 is 0 Å². The molecule has 2 amide bonds. The van der Waals surface area contributed by atoms with Gasteiger partial charge in [-0.05, 0) is 59.7 Å². The number of amides is 2. The number of benzene rings is 3. The van der Waals surface area contributed by atoms with Gasteiger partial charge in [-0.3, -0.25) is 14.5 Å². The summed E-state index contributed by atoms with van der Waals surface area (Å²) in [4.78, 5) is 26.9. The SMILES string of the molecule is COc1cc(/C=C2\SC(=O)N(Cc3ccccc3C)C2=O)ccc1OCc1ccccc1F. The second kappa shape index (κ2) is 9.92. The lowest BCUT2D eigenvalue weighted by Crippen LogP contribution is -2.27. The fourth-order valence-electron chi connectivity index (χ4n) is 3.41. The number of carbonyl (C=O) groups excluding carboxylic acids is 2. The van der Waals surface area contributed by atoms with Crippen molar-refractivity contribution in [2.75, 3.05) is 7.11 Å². The largest absolute Gasteiger partial charge is 0.493 e. The molecule has 0 aliphatic carbocycles. The van der Waals surface area contributed by atoms with Gasteiger partial charge in [0.1, 0.15) is 12.4 Å². The molecule has 1 saturated heterocycles. The average Bonchev–Trinajstić information content (AvgIpc) is 3.07. The summed E-state index contributed by atoms with van der Waals surface area (Å²) < 4.78 is 25.0. The van der Waals surface area contributed by atoms with E-state index in [9.17, 15) is 14.0 Å². The summed E-state index contributed by atoms with van der Waals surface area (Å²) >= 11 is 0.913. The van der Waals surface area contributed by atoms with Gasteiger partial charge in [-0.15, -0.1) is 0 Å². The molecule has 1 heterocycles. The minimum Gasteiger partial charge on any atom is -0.493 e. The molecule has 0 atom stereocenters. The Hall–Kier alpha value is -3.58. The molecule has 0 spiro atoms. The Morgan fingerprint density at radius 3 is 2.42 bits per heavy atom. The lowest BCUT2D eigenvalue weighted by Gasteiger charge is -2.14. The van der Waals surface area contributed by atoms with E-state index in [0.717, 1.165) is 22.9 Å². The number of methoxy groups -OCH3 is 1. The van der Waals surface area contributed by atoms with Crippen LogP contribution in [0.1, 0.15) is 22.3 Å². The third kappa shape index (κ3) is 5.09. The summed E-state index contributed by atoms with van der Waals surface area (Å²) in [5.74, 6) is 0.228. The lowest BCUT2D eigenvalue weighted by molar-refractivity contribution is -0.123. The van der Waals surface area contributed by atoms with Crippen LogP contribution in [-0.2, 0) is 17.9 Å². The van der Waals surface area contributed by atoms with Crippen molar-refractivity contribution < 1.29 is 23.5 Å². The summed E-state index contributed by atoms with van der Waals surface area (Å²) in [6.07, 6.45) is 1.66. The number of hydrogen-bond acceptors (Lipinski definition) is 5. The molecule has 1 aliphatic heterocycles. The molecule has 0 unspecified atom stereocenters. The zero-order chi connectivity index (χ0) is 23.4. The van der Waals surface area contributed by atoms with Crippen molar-refractivity contribution in [2.24, 2.45) is 0 Å². The predicted molar refractivity (Wildman–Crippen MR) is 126 cm³/mol. The maximum Gasteiger partial charge on any atom is 0.293 e. The van der Waals surface area contributed by atoms with Crippen molar-refractivity contribution in [3.8, 4) is 11.5 Å². The maximum atomic E-state index is 13.8. The van der Waals surface area contributed by atoms with Crippen molar-refractivity contribution in [3.63, 3.8) is 0 Å². The highest BCUT2D eigenvalue weighted by Crippen LogP contribution is 2.35. The van der Waals surface area contributed by atoms with Crippen LogP contribution >= 0.6 is 11.8 Å². The molecule has 33 heavy (non-hydrogen) atoms. The molecule has 0 saturated carbocycles. The number of rotatable bonds is 7. The first-order chi connectivity index (χ1) is 16.0. The van der Waals surface area contributed by atoms with Crippen LogP contribution in [0.3, 0.4) is 0 Å². The summed E-state index contributed by atoms with van der Waals surface area (Å²) in [7, 11) is 1.51. The van der Waals surface area contributed by atoms with Gasteiger partial charge in [-0.2, -0.15) is 0 Å². The van der Waals surface area contributed by atoms with Crippen LogP contribution in [0.25, 0.3) is 6.08 Å². The lowest BCUT2D eigenvalue weighted by atomic mass is 10.1. The van der Waals surface area contributed by atoms with Crippen LogP contribution < -0.4 is 9.47 Å². The van der Waals surface area contributed by atoms with Gasteiger partial charge in [0.05, 0.1) is 18.6 Å². The molecule has 0 radical (unpaired) electrons. The van der Waals surface area contributed by atoms with E-state index < -0.39 is 0 Å². The maximum absolute atomic E-state index is 13.8. The second-order valence-electron chi connectivity index (χ2n) is 7.48. The van der Waals surface area contributed by atoms with Crippen LogP contribution in [-0.4, -0.2) is 23.2 Å². The Bertz CT molecular complexity index is 1240. The quantitative estimate of drug-likeness (QED) is 0.405. The Labute approximate surface area is 195 Å². The van der Waals surface area contributed by atoms with Crippen molar-refractivity contribution >= 4 is 29.0 Å². The Morgan fingerprint density at radius 1 is 0.970 bits per heavy atom. The first-order valence-electron chi connectivity index (χ1n) is 10.3. The zero-order valence-electron chi connectivity index (χ0n) is 18.2. The van der Waals surface area contributed by atoms with Gasteiger partial charge in [0.25, 0.3) is 11.1 Å². The second-order valence-corrected chi connectivity index (χ2v) is 8.48. The minimum atomic E-state index is -0.338. The van der Waals surface area contributed by atoms with Crippen LogP contribution in [0.2, 0.25) is 0 Å². The van der Waals surface area contributed by atoms with Gasteiger partial charge < -0.3 is 9.47 Å². The number of thioether (sulfide) groups is 1. The van der Waals surface area contributed by atoms with E-state index in [2.05, 4.69) is 0 Å². The molecule has 4 rings (SSSR count). The summed E-state index contributed by atoms with van der Waals surface area (Å²) in [5, 5.41) is -0.300. The molecule has 1 aliphatic rings. The zero-order valence-corrected chi connectivity index (χ0v) is 19.0. The molecule has 7 heteroatoms. The normalized spacial score (nSPS) is 14.8. The van der Waals surface area contributed by atoms with Crippen LogP contribution in [0.4, 0.5) is 9.18 Å². The van der Waals surface area contributed by atoms with Crippen molar-refractivity contribution in [1.29, 1.82) is 0 Å². The highest BCUT2D eigenvalue weighted by Gasteiger charge is 2.35. The van der Waals surface area contributed by atoms with E-state index in [0.29, 0.717) is 27.5 Å². The van der Waals surface area contributed by atoms with Gasteiger partial charge in [0.15, 0.2) is 11.5 Å². The van der Waals surface area contributed by atoms with Crippen molar-refractivity contribution in [1.82, 2.24) is 4.90 Å². The average molecular weight is 464 g/mol. The monoisotopic (exact) mass is 463 g/mol. The van der Waals surface area contributed by atoms with Crippen molar-refractivity contribution in [2.45, 2.75) is 20.1 Å². The number of aryl methyl sites for hydroxylation is 1. The third-order valence-corrected chi connectivity index (χ3v) is 6.20. The molecule has 0 aromatic heterocycles. The van der Waals surface area contributed by atoms with Crippen LogP contribution in [0, 0.1) is 12.7 Å². The van der Waals surface area contributed by atoms with Crippen LogP contribution in [0.5, 0.6) is 11.5 Å². The molecular weight excluding hydrogens is 441 g/mol. The van der Waals surface area contributed by atoms with E-state index in [-0.39, 0.29) is 30.1 Å². The molecular formula is C26H22FNO4S. The first kappa shape index (κ1) is 22.6. The number of hydrogen-bond donors (Lipinski definition) is 0. The van der Waals surface area contributed by atoms with Gasteiger partial charge >= 0.3 is 0 Å². The molecule has 5 nitrogen and oxygen atoms in total. The standard InChI is InChI=1S/C26H22FNO4S/c1-17-7-3-4-8-19(17)15-28-25(29)24(33-26(28)30)14-18-11-12-22(23(13-18)31-2)32-16-20-9-5-6-10-21(20)27/h3-14H,15-16H2,1-2H3/b24-14-. The highest BCUT2D eigenvalue weighted by atomic mass is 32.2. The van der Waals surface area contributed by atoms with Gasteiger partial charge in [-0.1, -0.05) is 48.5 Å². The van der Waals surface area contributed by atoms with E-state index in [1.54, 1.807) is 42.5 Å². The van der Waals surface area contributed by atoms with Crippen LogP contribution in [0.15, 0.2) is 71.6 Å².